The number of rotatable bonds is 7. The maximum Gasteiger partial charge on any atom is 0.123 e. The molecular formula is C16H23N3S. The highest BCUT2D eigenvalue weighted by molar-refractivity contribution is 7.13. The summed E-state index contributed by atoms with van der Waals surface area (Å²) < 4.78 is 0. The van der Waals surface area contributed by atoms with Gasteiger partial charge >= 0.3 is 0 Å². The Hall–Kier alpha value is -1.23. The Balaban J connectivity index is 1.93. The van der Waals surface area contributed by atoms with Crippen molar-refractivity contribution < 1.29 is 0 Å². The van der Waals surface area contributed by atoms with Crippen LogP contribution >= 0.6 is 11.3 Å². The summed E-state index contributed by atoms with van der Waals surface area (Å²) in [5.41, 5.74) is 3.66. The molecule has 20 heavy (non-hydrogen) atoms. The minimum Gasteiger partial charge on any atom is -0.320 e. The van der Waals surface area contributed by atoms with Crippen molar-refractivity contribution in [1.29, 1.82) is 0 Å². The first-order chi connectivity index (χ1) is 9.69. The molecule has 4 heteroatoms. The summed E-state index contributed by atoms with van der Waals surface area (Å²) >= 11 is 1.73. The molecule has 0 radical (unpaired) electrons. The van der Waals surface area contributed by atoms with Crippen molar-refractivity contribution in [1.82, 2.24) is 15.2 Å². The maximum atomic E-state index is 4.74. The lowest BCUT2D eigenvalue weighted by atomic mass is 10.2. The van der Waals surface area contributed by atoms with E-state index in [9.17, 15) is 0 Å². The third-order valence-corrected chi connectivity index (χ3v) is 4.19. The van der Waals surface area contributed by atoms with Crippen LogP contribution in [0.25, 0.3) is 10.6 Å². The fraction of sp³-hybridized carbons (Fsp3) is 0.438. The third kappa shape index (κ3) is 4.40. The van der Waals surface area contributed by atoms with Gasteiger partial charge in [0.15, 0.2) is 0 Å². The van der Waals surface area contributed by atoms with Crippen LogP contribution in [0.3, 0.4) is 0 Å². The molecule has 2 rings (SSSR count). The molecule has 1 aromatic heterocycles. The van der Waals surface area contributed by atoms with Gasteiger partial charge in [-0.15, -0.1) is 11.3 Å². The van der Waals surface area contributed by atoms with Gasteiger partial charge in [-0.1, -0.05) is 29.8 Å². The van der Waals surface area contributed by atoms with Crippen LogP contribution in [-0.4, -0.2) is 37.1 Å². The average Bonchev–Trinajstić information content (AvgIpc) is 2.88. The van der Waals surface area contributed by atoms with Crippen LogP contribution in [0.2, 0.25) is 0 Å². The number of hydrogen-bond acceptors (Lipinski definition) is 4. The van der Waals surface area contributed by atoms with Gasteiger partial charge in [-0.25, -0.2) is 4.98 Å². The third-order valence-electron chi connectivity index (χ3n) is 3.25. The van der Waals surface area contributed by atoms with Gasteiger partial charge in [-0.2, -0.15) is 0 Å². The van der Waals surface area contributed by atoms with Crippen LogP contribution in [0.15, 0.2) is 29.6 Å². The number of nitrogens with zero attached hydrogens (tertiary/aromatic N) is 2. The normalized spacial score (nSPS) is 11.2. The molecule has 0 saturated heterocycles. The largest absolute Gasteiger partial charge is 0.320 e. The fourth-order valence-corrected chi connectivity index (χ4v) is 2.91. The Kier molecular flexibility index (Phi) is 5.71. The topological polar surface area (TPSA) is 28.2 Å². The van der Waals surface area contributed by atoms with E-state index in [4.69, 9.17) is 4.98 Å². The number of nitrogens with one attached hydrogen (secondary N) is 1. The zero-order chi connectivity index (χ0) is 14.4. The molecule has 0 atom stereocenters. The Labute approximate surface area is 125 Å². The van der Waals surface area contributed by atoms with Gasteiger partial charge in [0.05, 0.1) is 5.69 Å². The predicted octanol–water partition coefficient (Wildman–Crippen LogP) is 3.16. The summed E-state index contributed by atoms with van der Waals surface area (Å²) in [6, 6.07) is 8.57. The molecule has 1 heterocycles. The molecule has 0 fully saturated rings. The van der Waals surface area contributed by atoms with Crippen LogP contribution in [0, 0.1) is 6.92 Å². The molecule has 0 spiro atoms. The van der Waals surface area contributed by atoms with Crippen LogP contribution < -0.4 is 5.32 Å². The molecule has 1 aromatic carbocycles. The first-order valence-corrected chi connectivity index (χ1v) is 7.91. The maximum absolute atomic E-state index is 4.74. The Bertz CT molecular complexity index is 519. The molecule has 3 nitrogen and oxygen atoms in total. The van der Waals surface area contributed by atoms with E-state index < -0.39 is 0 Å². The van der Waals surface area contributed by atoms with Gasteiger partial charge < -0.3 is 10.2 Å². The molecule has 0 saturated carbocycles. The van der Waals surface area contributed by atoms with Crippen molar-refractivity contribution in [3.05, 3.63) is 40.9 Å². The number of thiazole rings is 1. The lowest BCUT2D eigenvalue weighted by Crippen LogP contribution is -2.22. The van der Waals surface area contributed by atoms with E-state index in [2.05, 4.69) is 53.8 Å². The van der Waals surface area contributed by atoms with E-state index in [1.807, 2.05) is 7.05 Å². The summed E-state index contributed by atoms with van der Waals surface area (Å²) in [4.78, 5) is 7.06. The van der Waals surface area contributed by atoms with Gasteiger partial charge in [0, 0.05) is 17.5 Å². The summed E-state index contributed by atoms with van der Waals surface area (Å²) in [5, 5.41) is 6.46. The first-order valence-electron chi connectivity index (χ1n) is 7.03. The second-order valence-electron chi connectivity index (χ2n) is 5.20. The molecule has 0 unspecified atom stereocenters. The van der Waals surface area contributed by atoms with Crippen LogP contribution in [0.4, 0.5) is 0 Å². The van der Waals surface area contributed by atoms with Crippen LogP contribution in [0.5, 0.6) is 0 Å². The summed E-state index contributed by atoms with van der Waals surface area (Å²) in [6.45, 7) is 5.19. The minimum atomic E-state index is 0.923. The van der Waals surface area contributed by atoms with Gasteiger partial charge in [-0.3, -0.25) is 0 Å². The van der Waals surface area contributed by atoms with E-state index >= 15 is 0 Å². The lowest BCUT2D eigenvalue weighted by molar-refractivity contribution is 0.318. The zero-order valence-electron chi connectivity index (χ0n) is 12.5. The smallest absolute Gasteiger partial charge is 0.123 e. The van der Waals surface area contributed by atoms with Gasteiger partial charge in [0.25, 0.3) is 0 Å². The number of aromatic nitrogens is 1. The molecule has 0 amide bonds. The SMILES string of the molecule is CNCCCN(C)Cc1csc(-c2ccc(C)cc2)n1. The van der Waals surface area contributed by atoms with Crippen LogP contribution in [-0.2, 0) is 6.54 Å². The van der Waals surface area contributed by atoms with Crippen molar-refractivity contribution >= 4 is 11.3 Å². The van der Waals surface area contributed by atoms with E-state index in [1.165, 1.54) is 17.5 Å². The molecular weight excluding hydrogens is 266 g/mol. The van der Waals surface area contributed by atoms with E-state index in [-0.39, 0.29) is 0 Å². The van der Waals surface area contributed by atoms with Crippen molar-refractivity contribution in [3.8, 4) is 10.6 Å². The number of benzene rings is 1. The second kappa shape index (κ2) is 7.53. The van der Waals surface area contributed by atoms with Gasteiger partial charge in [0.1, 0.15) is 5.01 Å². The van der Waals surface area contributed by atoms with Gasteiger partial charge in [0.2, 0.25) is 0 Å². The zero-order valence-corrected chi connectivity index (χ0v) is 13.3. The number of aryl methyl sites for hydroxylation is 1. The van der Waals surface area contributed by atoms with Crippen molar-refractivity contribution in [2.24, 2.45) is 0 Å². The van der Waals surface area contributed by atoms with Crippen molar-refractivity contribution in [2.75, 3.05) is 27.2 Å². The van der Waals surface area contributed by atoms with Crippen molar-refractivity contribution in [3.63, 3.8) is 0 Å². The van der Waals surface area contributed by atoms with Gasteiger partial charge in [-0.05, 0) is 40.5 Å². The molecule has 0 aliphatic heterocycles. The standard InChI is InChI=1S/C16H23N3S/c1-13-5-7-14(8-6-13)16-18-15(12-20-16)11-19(3)10-4-9-17-2/h5-8,12,17H,4,9-11H2,1-3H3. The molecule has 0 aliphatic carbocycles. The Morgan fingerprint density at radius 3 is 2.70 bits per heavy atom. The predicted molar refractivity (Wildman–Crippen MR) is 87.2 cm³/mol. The summed E-state index contributed by atoms with van der Waals surface area (Å²) in [7, 11) is 4.15. The average molecular weight is 289 g/mol. The molecule has 0 aliphatic rings. The molecule has 0 bridgehead atoms. The number of hydrogen-bond donors (Lipinski definition) is 1. The first kappa shape index (κ1) is 15.2. The molecule has 2 aromatic rings. The quantitative estimate of drug-likeness (QED) is 0.794. The summed E-state index contributed by atoms with van der Waals surface area (Å²) in [5.74, 6) is 0. The fourth-order valence-electron chi connectivity index (χ4n) is 2.09. The highest BCUT2D eigenvalue weighted by atomic mass is 32.1. The Morgan fingerprint density at radius 2 is 2.00 bits per heavy atom. The lowest BCUT2D eigenvalue weighted by Gasteiger charge is -2.14. The molecule has 108 valence electrons. The second-order valence-corrected chi connectivity index (χ2v) is 6.06. The van der Waals surface area contributed by atoms with E-state index in [1.54, 1.807) is 11.3 Å². The molecule has 1 N–H and O–H groups in total. The van der Waals surface area contributed by atoms with Crippen molar-refractivity contribution in [2.45, 2.75) is 19.9 Å². The highest BCUT2D eigenvalue weighted by Gasteiger charge is 2.07. The minimum absolute atomic E-state index is 0.923. The summed E-state index contributed by atoms with van der Waals surface area (Å²) in [6.07, 6.45) is 1.17. The monoisotopic (exact) mass is 289 g/mol. The highest BCUT2D eigenvalue weighted by Crippen LogP contribution is 2.24. The Morgan fingerprint density at radius 1 is 1.25 bits per heavy atom. The van der Waals surface area contributed by atoms with Crippen LogP contribution in [0.1, 0.15) is 17.7 Å². The van der Waals surface area contributed by atoms with E-state index in [0.29, 0.717) is 0 Å². The van der Waals surface area contributed by atoms with E-state index in [0.717, 1.165) is 30.3 Å².